The Hall–Kier alpha value is -0.650. The largest absolute Gasteiger partial charge is 0.378 e. The number of nitrogens with one attached hydrogen (secondary N) is 1. The van der Waals surface area contributed by atoms with E-state index in [4.69, 9.17) is 9.47 Å². The van der Waals surface area contributed by atoms with Gasteiger partial charge in [0.25, 0.3) is 0 Å². The molecule has 0 saturated carbocycles. The van der Waals surface area contributed by atoms with E-state index in [9.17, 15) is 4.79 Å². The lowest BCUT2D eigenvalue weighted by atomic mass is 10.5. The molecule has 0 aliphatic carbocycles. The molecule has 0 atom stereocenters. The van der Waals surface area contributed by atoms with E-state index in [0.29, 0.717) is 33.0 Å². The summed E-state index contributed by atoms with van der Waals surface area (Å²) in [6.07, 6.45) is 0. The molecule has 0 saturated heterocycles. The fraction of sp³-hybridized carbons (Fsp3) is 0.900. The zero-order chi connectivity index (χ0) is 11.5. The average molecular weight is 218 g/mol. The number of rotatable bonds is 9. The first-order valence-corrected chi connectivity index (χ1v) is 5.20. The van der Waals surface area contributed by atoms with E-state index in [1.54, 1.807) is 18.9 Å². The highest BCUT2D eigenvalue weighted by molar-refractivity contribution is 5.72. The molecule has 0 aliphatic heterocycles. The number of likely N-dealkylation sites (N-methyl/N-ethyl adjacent to an activating group) is 2. The molecular weight excluding hydrogens is 196 g/mol. The minimum Gasteiger partial charge on any atom is -0.378 e. The lowest BCUT2D eigenvalue weighted by Crippen LogP contribution is -2.28. The Morgan fingerprint density at radius 3 is 2.33 bits per heavy atom. The predicted octanol–water partition coefficient (Wildman–Crippen LogP) is -0.283. The van der Waals surface area contributed by atoms with Crippen molar-refractivity contribution in [3.63, 3.8) is 0 Å². The molecule has 0 radical (unpaired) electrons. The fourth-order valence-corrected chi connectivity index (χ4v) is 0.855. The normalized spacial score (nSPS) is 10.3. The van der Waals surface area contributed by atoms with Crippen LogP contribution in [0.5, 0.6) is 0 Å². The molecule has 5 heteroatoms. The van der Waals surface area contributed by atoms with Gasteiger partial charge in [0.15, 0.2) is 0 Å². The Balaban J connectivity index is 3.08. The summed E-state index contributed by atoms with van der Waals surface area (Å²) in [5, 5.41) is 2.99. The molecule has 1 N–H and O–H groups in total. The molecule has 0 aliphatic rings. The highest BCUT2D eigenvalue weighted by Crippen LogP contribution is 1.84. The molecule has 1 amide bonds. The highest BCUT2D eigenvalue weighted by Gasteiger charge is 2.00. The van der Waals surface area contributed by atoms with Gasteiger partial charge in [0.2, 0.25) is 5.91 Å². The Morgan fingerprint density at radius 1 is 1.20 bits per heavy atom. The molecule has 0 unspecified atom stereocenters. The van der Waals surface area contributed by atoms with Crippen molar-refractivity contribution in [2.75, 3.05) is 53.6 Å². The van der Waals surface area contributed by atoms with Crippen molar-refractivity contribution in [3.05, 3.63) is 0 Å². The van der Waals surface area contributed by atoms with Gasteiger partial charge in [-0.2, -0.15) is 0 Å². The molecular formula is C10H22N2O3. The maximum absolute atomic E-state index is 10.8. The van der Waals surface area contributed by atoms with E-state index < -0.39 is 0 Å². The number of carbonyl (C=O) groups excluding carboxylic acids is 1. The van der Waals surface area contributed by atoms with E-state index in [1.807, 2.05) is 7.05 Å². The third-order valence-corrected chi connectivity index (χ3v) is 1.98. The van der Waals surface area contributed by atoms with Crippen LogP contribution >= 0.6 is 0 Å². The number of amides is 1. The summed E-state index contributed by atoms with van der Waals surface area (Å²) < 4.78 is 10.6. The van der Waals surface area contributed by atoms with Gasteiger partial charge in [0.05, 0.1) is 26.4 Å². The van der Waals surface area contributed by atoms with Gasteiger partial charge in [-0.1, -0.05) is 0 Å². The SMILES string of the molecule is CNCCOCCOCCN(C)C(C)=O. The topological polar surface area (TPSA) is 50.8 Å². The van der Waals surface area contributed by atoms with E-state index in [-0.39, 0.29) is 5.91 Å². The zero-order valence-electron chi connectivity index (χ0n) is 9.91. The lowest BCUT2D eigenvalue weighted by Gasteiger charge is -2.14. The van der Waals surface area contributed by atoms with Gasteiger partial charge in [-0.05, 0) is 7.05 Å². The van der Waals surface area contributed by atoms with Crippen LogP contribution in [0.2, 0.25) is 0 Å². The van der Waals surface area contributed by atoms with Crippen LogP contribution in [0, 0.1) is 0 Å². The minimum absolute atomic E-state index is 0.0591. The van der Waals surface area contributed by atoms with Gasteiger partial charge in [0, 0.05) is 27.1 Å². The molecule has 0 bridgehead atoms. The third kappa shape index (κ3) is 9.65. The molecule has 0 heterocycles. The summed E-state index contributed by atoms with van der Waals surface area (Å²) in [5.74, 6) is 0.0591. The maximum Gasteiger partial charge on any atom is 0.219 e. The second kappa shape index (κ2) is 9.89. The van der Waals surface area contributed by atoms with Crippen LogP contribution in [0.15, 0.2) is 0 Å². The predicted molar refractivity (Wildman–Crippen MR) is 58.9 cm³/mol. The average Bonchev–Trinajstić information content (AvgIpc) is 2.21. The zero-order valence-corrected chi connectivity index (χ0v) is 9.91. The van der Waals surface area contributed by atoms with Crippen molar-refractivity contribution < 1.29 is 14.3 Å². The van der Waals surface area contributed by atoms with Gasteiger partial charge in [-0.25, -0.2) is 0 Å². The smallest absolute Gasteiger partial charge is 0.219 e. The summed E-state index contributed by atoms with van der Waals surface area (Å²) in [6.45, 7) is 5.47. The Kier molecular flexibility index (Phi) is 9.46. The second-order valence-electron chi connectivity index (χ2n) is 3.27. The Bertz CT molecular complexity index is 165. The lowest BCUT2D eigenvalue weighted by molar-refractivity contribution is -0.128. The first kappa shape index (κ1) is 14.3. The van der Waals surface area contributed by atoms with Gasteiger partial charge >= 0.3 is 0 Å². The van der Waals surface area contributed by atoms with Crippen LogP contribution in [0.4, 0.5) is 0 Å². The molecule has 15 heavy (non-hydrogen) atoms. The quantitative estimate of drug-likeness (QED) is 0.541. The van der Waals surface area contributed by atoms with Crippen LogP contribution < -0.4 is 5.32 Å². The number of hydrogen-bond acceptors (Lipinski definition) is 4. The van der Waals surface area contributed by atoms with Gasteiger partial charge in [0.1, 0.15) is 0 Å². The second-order valence-corrected chi connectivity index (χ2v) is 3.27. The first-order valence-electron chi connectivity index (χ1n) is 5.20. The Labute approximate surface area is 91.7 Å². The summed E-state index contributed by atoms with van der Waals surface area (Å²) >= 11 is 0. The van der Waals surface area contributed by atoms with Crippen LogP contribution in [-0.4, -0.2) is 64.4 Å². The fourth-order valence-electron chi connectivity index (χ4n) is 0.855. The van der Waals surface area contributed by atoms with Crippen LogP contribution in [0.3, 0.4) is 0 Å². The molecule has 5 nitrogen and oxygen atoms in total. The van der Waals surface area contributed by atoms with E-state index >= 15 is 0 Å². The van der Waals surface area contributed by atoms with Crippen molar-refractivity contribution in [2.24, 2.45) is 0 Å². The minimum atomic E-state index is 0.0591. The molecule has 0 rings (SSSR count). The maximum atomic E-state index is 10.8. The van der Waals surface area contributed by atoms with Crippen molar-refractivity contribution in [3.8, 4) is 0 Å². The molecule has 0 aromatic heterocycles. The summed E-state index contributed by atoms with van der Waals surface area (Å²) in [5.41, 5.74) is 0. The number of ether oxygens (including phenoxy) is 2. The number of carbonyl (C=O) groups is 1. The molecule has 0 aromatic carbocycles. The van der Waals surface area contributed by atoms with Crippen LogP contribution in [-0.2, 0) is 14.3 Å². The van der Waals surface area contributed by atoms with Crippen LogP contribution in [0.1, 0.15) is 6.92 Å². The van der Waals surface area contributed by atoms with E-state index in [2.05, 4.69) is 5.32 Å². The summed E-state index contributed by atoms with van der Waals surface area (Å²) in [4.78, 5) is 12.4. The molecule has 90 valence electrons. The summed E-state index contributed by atoms with van der Waals surface area (Å²) in [6, 6.07) is 0. The van der Waals surface area contributed by atoms with Gasteiger partial charge in [-0.15, -0.1) is 0 Å². The molecule has 0 fully saturated rings. The van der Waals surface area contributed by atoms with Gasteiger partial charge in [-0.3, -0.25) is 4.79 Å². The molecule has 0 spiro atoms. The number of hydrogen-bond donors (Lipinski definition) is 1. The van der Waals surface area contributed by atoms with Crippen LogP contribution in [0.25, 0.3) is 0 Å². The van der Waals surface area contributed by atoms with Crippen molar-refractivity contribution >= 4 is 5.91 Å². The van der Waals surface area contributed by atoms with E-state index in [0.717, 1.165) is 6.54 Å². The van der Waals surface area contributed by atoms with Crippen molar-refractivity contribution in [1.29, 1.82) is 0 Å². The third-order valence-electron chi connectivity index (χ3n) is 1.98. The first-order chi connectivity index (χ1) is 7.18. The van der Waals surface area contributed by atoms with Crippen molar-refractivity contribution in [1.82, 2.24) is 10.2 Å². The highest BCUT2D eigenvalue weighted by atomic mass is 16.5. The Morgan fingerprint density at radius 2 is 1.80 bits per heavy atom. The number of nitrogens with zero attached hydrogens (tertiary/aromatic N) is 1. The summed E-state index contributed by atoms with van der Waals surface area (Å²) in [7, 11) is 3.65. The van der Waals surface area contributed by atoms with E-state index in [1.165, 1.54) is 0 Å². The standard InChI is InChI=1S/C10H22N2O3/c1-10(13)12(3)5-7-15-9-8-14-6-4-11-2/h11H,4-9H2,1-3H3. The van der Waals surface area contributed by atoms with Gasteiger partial charge < -0.3 is 19.7 Å². The van der Waals surface area contributed by atoms with Crippen molar-refractivity contribution in [2.45, 2.75) is 6.92 Å². The molecule has 0 aromatic rings. The monoisotopic (exact) mass is 218 g/mol.